The van der Waals surface area contributed by atoms with E-state index in [4.69, 9.17) is 11.6 Å². The number of aromatic amines is 1. The molecule has 154 valence electrons. The van der Waals surface area contributed by atoms with Gasteiger partial charge in [-0.2, -0.15) is 0 Å². The Hall–Kier alpha value is -3.67. The van der Waals surface area contributed by atoms with Crippen molar-refractivity contribution in [2.24, 2.45) is 7.05 Å². The first-order valence-electron chi connectivity index (χ1n) is 9.75. The van der Waals surface area contributed by atoms with Crippen LogP contribution in [-0.2, 0) is 11.8 Å². The third-order valence-corrected chi connectivity index (χ3v) is 5.50. The second kappa shape index (κ2) is 7.87. The molecule has 0 unspecified atom stereocenters. The number of benzene rings is 1. The lowest BCUT2D eigenvalue weighted by molar-refractivity contribution is -0.118. The highest BCUT2D eigenvalue weighted by molar-refractivity contribution is 6.38. The van der Waals surface area contributed by atoms with Gasteiger partial charge in [-0.05, 0) is 23.6 Å². The molecule has 4 aromatic rings. The maximum Gasteiger partial charge on any atom is 0.240 e. The predicted octanol–water partition coefficient (Wildman–Crippen LogP) is 2.35. The molecule has 3 aromatic heterocycles. The van der Waals surface area contributed by atoms with Crippen molar-refractivity contribution in [2.75, 3.05) is 24.5 Å². The zero-order valence-electron chi connectivity index (χ0n) is 16.7. The molecule has 31 heavy (non-hydrogen) atoms. The molecule has 9 heteroatoms. The Kier molecular flexibility index (Phi) is 4.90. The summed E-state index contributed by atoms with van der Waals surface area (Å²) in [5.41, 5.74) is 3.87. The minimum absolute atomic E-state index is 0.0504. The number of nitrogens with one attached hydrogen (secondary N) is 2. The van der Waals surface area contributed by atoms with E-state index in [0.29, 0.717) is 29.6 Å². The molecule has 0 radical (unpaired) electrons. The lowest BCUT2D eigenvalue weighted by Gasteiger charge is -2.27. The Bertz CT molecular complexity index is 1360. The molecule has 0 bridgehead atoms. The summed E-state index contributed by atoms with van der Waals surface area (Å²) in [4.78, 5) is 25.8. The van der Waals surface area contributed by atoms with E-state index in [1.54, 1.807) is 35.4 Å². The lowest BCUT2D eigenvalue weighted by Crippen LogP contribution is -2.48. The fourth-order valence-corrected chi connectivity index (χ4v) is 3.95. The van der Waals surface area contributed by atoms with Crippen molar-refractivity contribution in [1.29, 1.82) is 0 Å². The number of amides is 1. The molecule has 0 spiro atoms. The maximum atomic E-state index is 12.3. The molecule has 1 aromatic carbocycles. The number of carbonyl (C=O) groups excluding carboxylic acids is 1. The van der Waals surface area contributed by atoms with Gasteiger partial charge in [0.15, 0.2) is 0 Å². The van der Waals surface area contributed by atoms with E-state index in [-0.39, 0.29) is 5.91 Å². The first-order valence-corrected chi connectivity index (χ1v) is 10.1. The summed E-state index contributed by atoms with van der Waals surface area (Å²) in [5, 5.41) is 8.55. The summed E-state index contributed by atoms with van der Waals surface area (Å²) in [6.07, 6.45) is 5.11. The molecule has 0 atom stereocenters. The minimum Gasteiger partial charge on any atom is -0.345 e. The number of nitrogens with zero attached hydrogens (tertiary/aromatic N) is 5. The first-order chi connectivity index (χ1) is 15.1. The van der Waals surface area contributed by atoms with E-state index in [1.807, 2.05) is 24.3 Å². The third-order valence-electron chi connectivity index (χ3n) is 5.10. The van der Waals surface area contributed by atoms with Crippen molar-refractivity contribution in [3.05, 3.63) is 59.4 Å². The number of aromatic nitrogens is 5. The fourth-order valence-electron chi connectivity index (χ4n) is 3.60. The van der Waals surface area contributed by atoms with Crippen molar-refractivity contribution < 1.29 is 4.79 Å². The van der Waals surface area contributed by atoms with Crippen LogP contribution in [0.4, 0.5) is 5.69 Å². The van der Waals surface area contributed by atoms with Gasteiger partial charge in [0.05, 0.1) is 22.5 Å². The summed E-state index contributed by atoms with van der Waals surface area (Å²) in [5.74, 6) is 6.52. The number of rotatable bonds is 2. The highest BCUT2D eigenvalue weighted by atomic mass is 35.5. The molecule has 1 aliphatic rings. The van der Waals surface area contributed by atoms with Crippen LogP contribution >= 0.6 is 11.6 Å². The molecular weight excluding hydrogens is 414 g/mol. The van der Waals surface area contributed by atoms with E-state index >= 15 is 0 Å². The van der Waals surface area contributed by atoms with Gasteiger partial charge in [0.2, 0.25) is 11.7 Å². The van der Waals surface area contributed by atoms with Crippen LogP contribution in [0, 0.1) is 11.8 Å². The summed E-state index contributed by atoms with van der Waals surface area (Å²) in [6, 6.07) is 7.78. The number of halogens is 1. The Morgan fingerprint density at radius 2 is 2.13 bits per heavy atom. The molecule has 8 nitrogen and oxygen atoms in total. The Balaban J connectivity index is 1.56. The molecule has 1 saturated heterocycles. The minimum atomic E-state index is 0.0504. The van der Waals surface area contributed by atoms with Gasteiger partial charge in [-0.3, -0.25) is 9.48 Å². The van der Waals surface area contributed by atoms with Crippen LogP contribution in [0.15, 0.2) is 43.0 Å². The number of H-pyrrole nitrogens is 1. The van der Waals surface area contributed by atoms with E-state index in [9.17, 15) is 4.79 Å². The van der Waals surface area contributed by atoms with E-state index in [1.165, 1.54) is 0 Å². The summed E-state index contributed by atoms with van der Waals surface area (Å²) >= 11 is 6.82. The highest BCUT2D eigenvalue weighted by Gasteiger charge is 2.20. The second-order valence-electron chi connectivity index (χ2n) is 7.18. The molecule has 2 N–H and O–H groups in total. The third kappa shape index (κ3) is 3.65. The normalized spacial score (nSPS) is 14.0. The molecule has 5 rings (SSSR count). The van der Waals surface area contributed by atoms with Gasteiger partial charge in [-0.25, -0.2) is 9.97 Å². The smallest absolute Gasteiger partial charge is 0.240 e. The van der Waals surface area contributed by atoms with Crippen LogP contribution in [-0.4, -0.2) is 50.3 Å². The molecule has 1 fully saturated rings. The molecule has 0 saturated carbocycles. The number of hydrogen-bond donors (Lipinski definition) is 2. The van der Waals surface area contributed by atoms with Gasteiger partial charge in [-0.1, -0.05) is 29.7 Å². The van der Waals surface area contributed by atoms with Gasteiger partial charge < -0.3 is 15.2 Å². The van der Waals surface area contributed by atoms with Crippen molar-refractivity contribution >= 4 is 34.2 Å². The second-order valence-corrected chi connectivity index (χ2v) is 7.55. The average Bonchev–Trinajstić information content (AvgIpc) is 3.39. The Labute approximate surface area is 183 Å². The van der Waals surface area contributed by atoms with Crippen molar-refractivity contribution in [3.63, 3.8) is 0 Å². The van der Waals surface area contributed by atoms with Crippen LogP contribution in [0.25, 0.3) is 22.2 Å². The standard InChI is InChI=1S/C22H18ClN7O/c1-29-13-27-18(28-29)6-5-15-10-25-22-20(15)21(23)17(11-26-22)14-3-2-4-16(9-14)30-8-7-24-12-19(30)31/h2-4,9-11,13,24H,7-8,12H2,1H3,(H,25,26). The Morgan fingerprint density at radius 1 is 1.23 bits per heavy atom. The first kappa shape index (κ1) is 19.3. The van der Waals surface area contributed by atoms with Gasteiger partial charge in [-0.15, -0.1) is 5.10 Å². The van der Waals surface area contributed by atoms with Gasteiger partial charge in [0, 0.05) is 43.8 Å². The van der Waals surface area contributed by atoms with E-state index in [2.05, 4.69) is 37.2 Å². The average molecular weight is 432 g/mol. The summed E-state index contributed by atoms with van der Waals surface area (Å²) in [6.45, 7) is 1.74. The zero-order valence-corrected chi connectivity index (χ0v) is 17.4. The number of carbonyl (C=O) groups is 1. The predicted molar refractivity (Wildman–Crippen MR) is 119 cm³/mol. The zero-order chi connectivity index (χ0) is 21.4. The van der Waals surface area contributed by atoms with Crippen LogP contribution in [0.3, 0.4) is 0 Å². The molecule has 4 heterocycles. The van der Waals surface area contributed by atoms with Crippen molar-refractivity contribution in [2.45, 2.75) is 0 Å². The van der Waals surface area contributed by atoms with Crippen molar-refractivity contribution in [3.8, 4) is 23.0 Å². The monoisotopic (exact) mass is 431 g/mol. The molecule has 1 amide bonds. The van der Waals surface area contributed by atoms with Crippen LogP contribution < -0.4 is 10.2 Å². The van der Waals surface area contributed by atoms with Crippen molar-refractivity contribution in [1.82, 2.24) is 30.0 Å². The lowest BCUT2D eigenvalue weighted by atomic mass is 10.0. The topological polar surface area (TPSA) is 91.7 Å². The SMILES string of the molecule is Cn1cnc(C#Cc2c[nH]c3ncc(-c4cccc(N5CCNCC5=O)c4)c(Cl)c23)n1. The summed E-state index contributed by atoms with van der Waals surface area (Å²) < 4.78 is 1.60. The molecular formula is C22H18ClN7O. The number of fused-ring (bicyclic) bond motifs is 1. The summed E-state index contributed by atoms with van der Waals surface area (Å²) in [7, 11) is 1.79. The van der Waals surface area contributed by atoms with Crippen LogP contribution in [0.5, 0.6) is 0 Å². The van der Waals surface area contributed by atoms with E-state index in [0.717, 1.165) is 34.3 Å². The van der Waals surface area contributed by atoms with Gasteiger partial charge >= 0.3 is 0 Å². The highest BCUT2D eigenvalue weighted by Crippen LogP contribution is 2.36. The number of hydrogen-bond acceptors (Lipinski definition) is 5. The largest absolute Gasteiger partial charge is 0.345 e. The number of aryl methyl sites for hydroxylation is 1. The number of piperazine rings is 1. The van der Waals surface area contributed by atoms with Gasteiger partial charge in [0.25, 0.3) is 0 Å². The number of anilines is 1. The Morgan fingerprint density at radius 3 is 2.94 bits per heavy atom. The van der Waals surface area contributed by atoms with Crippen LogP contribution in [0.1, 0.15) is 11.4 Å². The number of pyridine rings is 1. The van der Waals surface area contributed by atoms with E-state index < -0.39 is 0 Å². The fraction of sp³-hybridized carbons (Fsp3) is 0.182. The molecule has 1 aliphatic heterocycles. The quantitative estimate of drug-likeness (QED) is 0.475. The van der Waals surface area contributed by atoms with Gasteiger partial charge in [0.1, 0.15) is 12.0 Å². The van der Waals surface area contributed by atoms with Crippen LogP contribution in [0.2, 0.25) is 5.02 Å². The maximum absolute atomic E-state index is 12.3. The molecule has 0 aliphatic carbocycles.